The number of carbonyl (C=O) groups is 1. The predicted molar refractivity (Wildman–Crippen MR) is 126 cm³/mol. The Morgan fingerprint density at radius 1 is 0.875 bits per heavy atom. The van der Waals surface area contributed by atoms with Crippen molar-refractivity contribution in [2.75, 3.05) is 40.5 Å². The van der Waals surface area contributed by atoms with Crippen LogP contribution in [0.3, 0.4) is 0 Å². The van der Waals surface area contributed by atoms with Crippen LogP contribution in [-0.2, 0) is 22.6 Å². The van der Waals surface area contributed by atoms with E-state index in [0.29, 0.717) is 38.8 Å². The summed E-state index contributed by atoms with van der Waals surface area (Å²) in [6.45, 7) is 5.10. The zero-order chi connectivity index (χ0) is 23.0. The average molecular weight is 443 g/mol. The highest BCUT2D eigenvalue weighted by atomic mass is 16.5. The number of nitrogens with one attached hydrogen (secondary N) is 3. The minimum atomic E-state index is -0.117. The number of ether oxygens (including phenoxy) is 3. The highest BCUT2D eigenvalue weighted by molar-refractivity contribution is 5.86. The fraction of sp³-hybridized carbons (Fsp3) is 0.417. The zero-order valence-electron chi connectivity index (χ0n) is 19.1. The molecule has 2 rings (SSSR count). The van der Waals surface area contributed by atoms with Gasteiger partial charge in [-0.05, 0) is 48.7 Å². The van der Waals surface area contributed by atoms with E-state index in [1.165, 1.54) is 0 Å². The van der Waals surface area contributed by atoms with Crippen LogP contribution in [0.15, 0.2) is 53.5 Å². The summed E-state index contributed by atoms with van der Waals surface area (Å²) in [6, 6.07) is 15.3. The standard InChI is InChI=1S/C24H34N4O4/c1-4-32-15-5-14-25-24(27-17-20-8-12-22(31-3)13-9-20)28-18-23(29)26-16-19-6-10-21(30-2)11-7-19/h6-13H,4-5,14-18H2,1-3H3,(H,26,29)(H2,25,27,28). The van der Waals surface area contributed by atoms with Gasteiger partial charge in [0.15, 0.2) is 5.96 Å². The van der Waals surface area contributed by atoms with Crippen molar-refractivity contribution in [1.82, 2.24) is 16.0 Å². The van der Waals surface area contributed by atoms with Gasteiger partial charge in [0.05, 0.1) is 27.3 Å². The van der Waals surface area contributed by atoms with E-state index >= 15 is 0 Å². The van der Waals surface area contributed by atoms with Crippen LogP contribution in [0.2, 0.25) is 0 Å². The summed E-state index contributed by atoms with van der Waals surface area (Å²) < 4.78 is 15.7. The number of guanidine groups is 1. The van der Waals surface area contributed by atoms with E-state index in [4.69, 9.17) is 14.2 Å². The predicted octanol–water partition coefficient (Wildman–Crippen LogP) is 2.48. The second-order valence-electron chi connectivity index (χ2n) is 6.97. The topological polar surface area (TPSA) is 93.2 Å². The maximum Gasteiger partial charge on any atom is 0.239 e. The fourth-order valence-electron chi connectivity index (χ4n) is 2.77. The Morgan fingerprint density at radius 3 is 2.09 bits per heavy atom. The Morgan fingerprint density at radius 2 is 1.50 bits per heavy atom. The van der Waals surface area contributed by atoms with E-state index in [9.17, 15) is 4.79 Å². The molecule has 0 aliphatic rings. The molecule has 8 nitrogen and oxygen atoms in total. The highest BCUT2D eigenvalue weighted by Gasteiger charge is 2.05. The van der Waals surface area contributed by atoms with Gasteiger partial charge >= 0.3 is 0 Å². The van der Waals surface area contributed by atoms with Gasteiger partial charge < -0.3 is 30.2 Å². The molecule has 8 heteroatoms. The Balaban J connectivity index is 1.85. The molecule has 0 saturated carbocycles. The summed E-state index contributed by atoms with van der Waals surface area (Å²) in [5.41, 5.74) is 2.05. The first-order chi connectivity index (χ1) is 15.6. The molecular weight excluding hydrogens is 408 g/mol. The molecule has 0 unspecified atom stereocenters. The molecule has 1 amide bonds. The Kier molecular flexibility index (Phi) is 11.5. The van der Waals surface area contributed by atoms with Gasteiger partial charge in [0, 0.05) is 26.3 Å². The number of hydrogen-bond donors (Lipinski definition) is 3. The van der Waals surface area contributed by atoms with Crippen LogP contribution >= 0.6 is 0 Å². The van der Waals surface area contributed by atoms with E-state index < -0.39 is 0 Å². The number of hydrogen-bond acceptors (Lipinski definition) is 5. The Hall–Kier alpha value is -3.26. The number of rotatable bonds is 13. The second-order valence-corrected chi connectivity index (χ2v) is 6.97. The van der Waals surface area contributed by atoms with Crippen molar-refractivity contribution in [3.8, 4) is 11.5 Å². The highest BCUT2D eigenvalue weighted by Crippen LogP contribution is 2.12. The van der Waals surface area contributed by atoms with Gasteiger partial charge in [-0.15, -0.1) is 0 Å². The molecule has 0 atom stereocenters. The third-order valence-electron chi connectivity index (χ3n) is 4.61. The number of aliphatic imine (C=N–C) groups is 1. The van der Waals surface area contributed by atoms with Gasteiger partial charge in [0.2, 0.25) is 5.91 Å². The number of benzene rings is 2. The fourth-order valence-corrected chi connectivity index (χ4v) is 2.77. The lowest BCUT2D eigenvalue weighted by molar-refractivity contribution is -0.120. The van der Waals surface area contributed by atoms with Crippen LogP contribution in [0, 0.1) is 0 Å². The van der Waals surface area contributed by atoms with E-state index in [2.05, 4.69) is 20.9 Å². The summed E-state index contributed by atoms with van der Waals surface area (Å²) in [4.78, 5) is 16.9. The number of amides is 1. The monoisotopic (exact) mass is 442 g/mol. The molecule has 0 bridgehead atoms. The average Bonchev–Trinajstić information content (AvgIpc) is 2.84. The third-order valence-corrected chi connectivity index (χ3v) is 4.61. The van der Waals surface area contributed by atoms with Crippen LogP contribution in [0.25, 0.3) is 0 Å². The van der Waals surface area contributed by atoms with Gasteiger partial charge in [0.25, 0.3) is 0 Å². The van der Waals surface area contributed by atoms with Gasteiger partial charge in [0.1, 0.15) is 11.5 Å². The first-order valence-electron chi connectivity index (χ1n) is 10.8. The third kappa shape index (κ3) is 9.70. The molecule has 0 spiro atoms. The second kappa shape index (κ2) is 14.7. The summed E-state index contributed by atoms with van der Waals surface area (Å²) in [6.07, 6.45) is 0.848. The van der Waals surface area contributed by atoms with Crippen molar-refractivity contribution in [1.29, 1.82) is 0 Å². The smallest absolute Gasteiger partial charge is 0.239 e. The molecule has 0 aromatic heterocycles. The molecule has 0 radical (unpaired) electrons. The van der Waals surface area contributed by atoms with Crippen molar-refractivity contribution in [3.05, 3.63) is 59.7 Å². The molecule has 0 saturated heterocycles. The van der Waals surface area contributed by atoms with Crippen LogP contribution in [-0.4, -0.2) is 52.4 Å². The normalized spacial score (nSPS) is 11.0. The first kappa shape index (κ1) is 25.0. The van der Waals surface area contributed by atoms with Crippen molar-refractivity contribution in [2.45, 2.75) is 26.4 Å². The molecule has 0 heterocycles. The van der Waals surface area contributed by atoms with Crippen molar-refractivity contribution in [3.63, 3.8) is 0 Å². The van der Waals surface area contributed by atoms with Crippen LogP contribution in [0.5, 0.6) is 11.5 Å². The van der Waals surface area contributed by atoms with E-state index in [0.717, 1.165) is 29.0 Å². The lowest BCUT2D eigenvalue weighted by Crippen LogP contribution is -2.43. The quantitative estimate of drug-likeness (QED) is 0.251. The lowest BCUT2D eigenvalue weighted by Gasteiger charge is -2.13. The molecule has 0 fully saturated rings. The Labute approximate surface area is 190 Å². The number of carbonyl (C=O) groups excluding carboxylic acids is 1. The molecule has 2 aromatic carbocycles. The van der Waals surface area contributed by atoms with Crippen molar-refractivity contribution >= 4 is 11.9 Å². The maximum absolute atomic E-state index is 12.3. The summed E-state index contributed by atoms with van der Waals surface area (Å²) in [7, 11) is 3.27. The zero-order valence-corrected chi connectivity index (χ0v) is 19.1. The van der Waals surface area contributed by atoms with Gasteiger partial charge in [-0.25, -0.2) is 4.99 Å². The summed E-state index contributed by atoms with van der Waals surface area (Å²) in [5.74, 6) is 2.06. The van der Waals surface area contributed by atoms with Crippen LogP contribution in [0.4, 0.5) is 0 Å². The number of methoxy groups -OCH3 is 2. The van der Waals surface area contributed by atoms with E-state index in [-0.39, 0.29) is 12.5 Å². The van der Waals surface area contributed by atoms with Gasteiger partial charge in [-0.2, -0.15) is 0 Å². The van der Waals surface area contributed by atoms with Crippen LogP contribution < -0.4 is 25.4 Å². The van der Waals surface area contributed by atoms with Gasteiger partial charge in [-0.3, -0.25) is 4.79 Å². The maximum atomic E-state index is 12.3. The van der Waals surface area contributed by atoms with Crippen molar-refractivity contribution < 1.29 is 19.0 Å². The molecule has 3 N–H and O–H groups in total. The molecule has 32 heavy (non-hydrogen) atoms. The van der Waals surface area contributed by atoms with Gasteiger partial charge in [-0.1, -0.05) is 24.3 Å². The molecule has 2 aromatic rings. The van der Waals surface area contributed by atoms with Crippen LogP contribution in [0.1, 0.15) is 24.5 Å². The summed E-state index contributed by atoms with van der Waals surface area (Å²) in [5, 5.41) is 9.26. The van der Waals surface area contributed by atoms with E-state index in [1.54, 1.807) is 14.2 Å². The minimum Gasteiger partial charge on any atom is -0.497 e. The lowest BCUT2D eigenvalue weighted by atomic mass is 10.2. The number of nitrogens with zero attached hydrogens (tertiary/aromatic N) is 1. The molecule has 174 valence electrons. The van der Waals surface area contributed by atoms with E-state index in [1.807, 2.05) is 55.5 Å². The SMILES string of the molecule is CCOCCCNC(=NCc1ccc(OC)cc1)NCC(=O)NCc1ccc(OC)cc1. The first-order valence-corrected chi connectivity index (χ1v) is 10.8. The summed E-state index contributed by atoms with van der Waals surface area (Å²) >= 11 is 0. The largest absolute Gasteiger partial charge is 0.497 e. The molecular formula is C24H34N4O4. The minimum absolute atomic E-state index is 0.117. The molecule has 0 aliphatic heterocycles. The Bertz CT molecular complexity index is 823. The molecule has 0 aliphatic carbocycles. The van der Waals surface area contributed by atoms with Crippen molar-refractivity contribution in [2.24, 2.45) is 4.99 Å².